The molecular weight excluding hydrogens is 312 g/mol. The van der Waals surface area contributed by atoms with Gasteiger partial charge in [-0.15, -0.1) is 0 Å². The number of likely N-dealkylation sites (tertiary alicyclic amines) is 1. The first-order valence-corrected chi connectivity index (χ1v) is 10.9. The summed E-state index contributed by atoms with van der Waals surface area (Å²) in [6.45, 7) is 5.82. The maximum atomic E-state index is 12.1. The van der Waals surface area contributed by atoms with Gasteiger partial charge in [-0.05, 0) is 51.5 Å². The number of hydrogen-bond donors (Lipinski definition) is 1. The zero-order valence-corrected chi connectivity index (χ0v) is 15.4. The van der Waals surface area contributed by atoms with Gasteiger partial charge in [0.2, 0.25) is 5.91 Å². The number of carbonyl (C=O) groups excluding carboxylic acids is 1. The van der Waals surface area contributed by atoms with E-state index in [1.807, 2.05) is 6.92 Å². The first kappa shape index (κ1) is 18.7. The van der Waals surface area contributed by atoms with Gasteiger partial charge in [-0.1, -0.05) is 19.8 Å². The van der Waals surface area contributed by atoms with Gasteiger partial charge >= 0.3 is 0 Å². The summed E-state index contributed by atoms with van der Waals surface area (Å²) >= 11 is 0. The second-order valence-corrected chi connectivity index (χ2v) is 9.53. The molecule has 1 saturated carbocycles. The minimum atomic E-state index is -3.31. The third-order valence-corrected chi connectivity index (χ3v) is 7.72. The number of nitrogens with zero attached hydrogens (tertiary/aromatic N) is 1. The molecule has 0 spiro atoms. The van der Waals surface area contributed by atoms with Crippen LogP contribution in [0.15, 0.2) is 0 Å². The Morgan fingerprint density at radius 2 is 1.91 bits per heavy atom. The fraction of sp³-hybridized carbons (Fsp3) is 0.941. The molecule has 3 atom stereocenters. The summed E-state index contributed by atoms with van der Waals surface area (Å²) in [5.74, 6) is 0.560. The Hall–Kier alpha value is -0.620. The van der Waals surface area contributed by atoms with Crippen LogP contribution >= 0.6 is 0 Å². The molecule has 1 heterocycles. The van der Waals surface area contributed by atoms with E-state index in [1.54, 1.807) is 0 Å². The summed E-state index contributed by atoms with van der Waals surface area (Å²) in [5.41, 5.74) is 0. The van der Waals surface area contributed by atoms with Crippen LogP contribution in [0.25, 0.3) is 0 Å². The number of piperidine rings is 1. The number of hydrogen-bond acceptors (Lipinski definition) is 4. The number of carbonyl (C=O) groups is 1. The third-order valence-electron chi connectivity index (χ3n) is 5.45. The molecule has 2 aliphatic rings. The van der Waals surface area contributed by atoms with Crippen molar-refractivity contribution in [2.45, 2.75) is 70.1 Å². The van der Waals surface area contributed by atoms with E-state index in [0.717, 1.165) is 19.0 Å². The Kier molecular flexibility index (Phi) is 6.89. The second kappa shape index (κ2) is 8.47. The van der Waals surface area contributed by atoms with Crippen LogP contribution in [0, 0.1) is 5.92 Å². The molecule has 0 aromatic rings. The van der Waals surface area contributed by atoms with Gasteiger partial charge in [0.05, 0.1) is 5.75 Å². The monoisotopic (exact) mass is 344 g/mol. The van der Waals surface area contributed by atoms with Crippen LogP contribution in [-0.4, -0.2) is 55.9 Å². The molecule has 0 aromatic heterocycles. The number of fused-ring (bicyclic) bond motifs is 1. The van der Waals surface area contributed by atoms with Crippen LogP contribution in [-0.2, 0) is 14.6 Å². The van der Waals surface area contributed by atoms with Gasteiger partial charge in [-0.3, -0.25) is 9.69 Å². The van der Waals surface area contributed by atoms with Crippen LogP contribution in [0.5, 0.6) is 0 Å². The molecule has 23 heavy (non-hydrogen) atoms. The zero-order chi connectivity index (χ0) is 16.9. The van der Waals surface area contributed by atoms with Crippen molar-refractivity contribution >= 4 is 15.7 Å². The highest BCUT2D eigenvalue weighted by Crippen LogP contribution is 2.34. The lowest BCUT2D eigenvalue weighted by atomic mass is 9.78. The van der Waals surface area contributed by atoms with Crippen molar-refractivity contribution in [3.05, 3.63) is 0 Å². The third kappa shape index (κ3) is 4.92. The van der Waals surface area contributed by atoms with E-state index >= 15 is 0 Å². The first-order chi connectivity index (χ1) is 11.0. The van der Waals surface area contributed by atoms with E-state index in [2.05, 4.69) is 10.2 Å². The van der Waals surface area contributed by atoms with Gasteiger partial charge in [0.15, 0.2) is 9.84 Å². The average molecular weight is 345 g/mol. The summed E-state index contributed by atoms with van der Waals surface area (Å²) in [5, 5.41) is 1.89. The molecule has 1 aliphatic heterocycles. The molecule has 2 rings (SSSR count). The van der Waals surface area contributed by atoms with Crippen molar-refractivity contribution in [2.75, 3.05) is 25.4 Å². The number of amides is 1. The van der Waals surface area contributed by atoms with Gasteiger partial charge < -0.3 is 5.32 Å². The number of sulfone groups is 1. The van der Waals surface area contributed by atoms with E-state index in [4.69, 9.17) is 0 Å². The van der Waals surface area contributed by atoms with E-state index in [1.165, 1.54) is 45.4 Å². The molecule has 6 heteroatoms. The maximum Gasteiger partial charge on any atom is 0.238 e. The lowest BCUT2D eigenvalue weighted by Gasteiger charge is -2.44. The van der Waals surface area contributed by atoms with E-state index < -0.39 is 15.1 Å². The van der Waals surface area contributed by atoms with Crippen LogP contribution in [0.2, 0.25) is 0 Å². The van der Waals surface area contributed by atoms with Crippen molar-refractivity contribution in [3.8, 4) is 0 Å². The average Bonchev–Trinajstić information content (AvgIpc) is 2.54. The molecule has 134 valence electrons. The molecule has 0 radical (unpaired) electrons. The quantitative estimate of drug-likeness (QED) is 0.767. The lowest BCUT2D eigenvalue weighted by Crippen LogP contribution is -2.50. The van der Waals surface area contributed by atoms with Gasteiger partial charge in [-0.2, -0.15) is 0 Å². The molecule has 0 bridgehead atoms. The highest BCUT2D eigenvalue weighted by Gasteiger charge is 2.33. The molecule has 1 aliphatic carbocycles. The predicted octanol–water partition coefficient (Wildman–Crippen LogP) is 1.97. The molecule has 1 N–H and O–H groups in total. The minimum Gasteiger partial charge on any atom is -0.354 e. The van der Waals surface area contributed by atoms with Crippen molar-refractivity contribution in [1.82, 2.24) is 10.2 Å². The SMILES string of the molecule is CCCS(=O)(=O)C(C)C(=O)NCCN1CCCC2CCCCC21. The van der Waals surface area contributed by atoms with Crippen molar-refractivity contribution in [3.63, 3.8) is 0 Å². The van der Waals surface area contributed by atoms with Crippen molar-refractivity contribution < 1.29 is 13.2 Å². The molecule has 1 saturated heterocycles. The summed E-state index contributed by atoms with van der Waals surface area (Å²) in [6, 6.07) is 0.677. The summed E-state index contributed by atoms with van der Waals surface area (Å²) in [7, 11) is -3.31. The largest absolute Gasteiger partial charge is 0.354 e. The highest BCUT2D eigenvalue weighted by molar-refractivity contribution is 7.92. The van der Waals surface area contributed by atoms with Crippen LogP contribution < -0.4 is 5.32 Å². The normalized spacial score (nSPS) is 27.2. The molecule has 0 aromatic carbocycles. The molecule has 1 amide bonds. The number of nitrogens with one attached hydrogen (secondary N) is 1. The molecule has 5 nitrogen and oxygen atoms in total. The second-order valence-electron chi connectivity index (χ2n) is 7.09. The van der Waals surface area contributed by atoms with Gasteiger partial charge in [0, 0.05) is 19.1 Å². The standard InChI is InChI=1S/C17H32N2O3S/c1-3-13-23(21,22)14(2)17(20)18-10-12-19-11-6-8-15-7-4-5-9-16(15)19/h14-16H,3-13H2,1-2H3,(H,18,20). The molecule has 3 unspecified atom stereocenters. The van der Waals surface area contributed by atoms with Crippen molar-refractivity contribution in [2.24, 2.45) is 5.92 Å². The fourth-order valence-corrected chi connectivity index (χ4v) is 5.43. The van der Waals surface area contributed by atoms with E-state index in [0.29, 0.717) is 19.0 Å². The Balaban J connectivity index is 1.78. The maximum absolute atomic E-state index is 12.1. The lowest BCUT2D eigenvalue weighted by molar-refractivity contribution is -0.120. The van der Waals surface area contributed by atoms with Gasteiger partial charge in [-0.25, -0.2) is 8.42 Å². The smallest absolute Gasteiger partial charge is 0.238 e. The summed E-state index contributed by atoms with van der Waals surface area (Å²) in [6.07, 6.45) is 8.45. The fourth-order valence-electron chi connectivity index (χ4n) is 4.10. The predicted molar refractivity (Wildman–Crippen MR) is 93.1 cm³/mol. The van der Waals surface area contributed by atoms with Gasteiger partial charge in [0.25, 0.3) is 0 Å². The van der Waals surface area contributed by atoms with Crippen molar-refractivity contribution in [1.29, 1.82) is 0 Å². The Morgan fingerprint density at radius 1 is 1.22 bits per heavy atom. The number of rotatable bonds is 7. The van der Waals surface area contributed by atoms with Crippen LogP contribution in [0.3, 0.4) is 0 Å². The Bertz CT molecular complexity index is 490. The van der Waals surface area contributed by atoms with Gasteiger partial charge in [0.1, 0.15) is 5.25 Å². The Morgan fingerprint density at radius 3 is 2.65 bits per heavy atom. The van der Waals surface area contributed by atoms with E-state index in [9.17, 15) is 13.2 Å². The zero-order valence-electron chi connectivity index (χ0n) is 14.6. The van der Waals surface area contributed by atoms with E-state index in [-0.39, 0.29) is 11.7 Å². The Labute approximate surface area is 141 Å². The molecule has 2 fully saturated rings. The van der Waals surface area contributed by atoms with Crippen LogP contribution in [0.1, 0.15) is 58.8 Å². The highest BCUT2D eigenvalue weighted by atomic mass is 32.2. The summed E-state index contributed by atoms with van der Waals surface area (Å²) in [4.78, 5) is 14.6. The first-order valence-electron chi connectivity index (χ1n) is 9.19. The summed E-state index contributed by atoms with van der Waals surface area (Å²) < 4.78 is 23.9. The van der Waals surface area contributed by atoms with Crippen LogP contribution in [0.4, 0.5) is 0 Å². The topological polar surface area (TPSA) is 66.5 Å². The minimum absolute atomic E-state index is 0.0808. The molecular formula is C17H32N2O3S.